The quantitative estimate of drug-likeness (QED) is 0.335. The molecule has 21 heavy (non-hydrogen) atoms. The Hall–Kier alpha value is -1.19. The van der Waals surface area contributed by atoms with Crippen LogP contribution in [-0.2, 0) is 6.18 Å². The molecule has 0 saturated carbocycles. The number of nitrogens with zero attached hydrogens (tertiary/aromatic N) is 1. The number of benzene rings is 1. The van der Waals surface area contributed by atoms with E-state index >= 15 is 0 Å². The molecule has 1 aromatic rings. The number of hydrogen-bond acceptors (Lipinski definition) is 2. The lowest BCUT2D eigenvalue weighted by Gasteiger charge is -2.13. The Bertz CT molecular complexity index is 464. The van der Waals surface area contributed by atoms with Crippen LogP contribution in [0, 0.1) is 0 Å². The third-order valence-corrected chi connectivity index (χ3v) is 2.26. The largest absolute Gasteiger partial charge is 0.491 e. The second-order valence-electron chi connectivity index (χ2n) is 4.41. The summed E-state index contributed by atoms with van der Waals surface area (Å²) in [5, 5.41) is 2.87. The Balaban J connectivity index is 0.00000400. The molecule has 0 aliphatic rings. The van der Waals surface area contributed by atoms with Gasteiger partial charge in [-0.2, -0.15) is 13.2 Å². The number of alkyl halides is 3. The van der Waals surface area contributed by atoms with Crippen molar-refractivity contribution in [3.63, 3.8) is 0 Å². The fourth-order valence-corrected chi connectivity index (χ4v) is 1.49. The molecule has 0 atom stereocenters. The molecule has 0 unspecified atom stereocenters. The number of nitrogens with two attached hydrogens (primary N) is 1. The van der Waals surface area contributed by atoms with E-state index in [1.54, 1.807) is 0 Å². The van der Waals surface area contributed by atoms with Crippen molar-refractivity contribution in [1.29, 1.82) is 0 Å². The monoisotopic (exact) mass is 417 g/mol. The number of rotatable bonds is 5. The van der Waals surface area contributed by atoms with Crippen molar-refractivity contribution < 1.29 is 17.9 Å². The van der Waals surface area contributed by atoms with Crippen LogP contribution in [0.3, 0.4) is 0 Å². The van der Waals surface area contributed by atoms with E-state index in [0.29, 0.717) is 0 Å². The molecule has 0 aliphatic heterocycles. The van der Waals surface area contributed by atoms with Gasteiger partial charge in [0.1, 0.15) is 12.4 Å². The van der Waals surface area contributed by atoms with Crippen LogP contribution in [-0.4, -0.2) is 25.2 Å². The number of aliphatic imine (C=N–C) groups is 1. The van der Waals surface area contributed by atoms with Crippen LogP contribution in [0.15, 0.2) is 29.3 Å². The summed E-state index contributed by atoms with van der Waals surface area (Å²) in [6.07, 6.45) is -4.43. The Morgan fingerprint density at radius 1 is 1.33 bits per heavy atom. The molecule has 1 rings (SSSR count). The molecule has 4 nitrogen and oxygen atoms in total. The summed E-state index contributed by atoms with van der Waals surface area (Å²) in [4.78, 5) is 3.95. The first kappa shape index (κ1) is 19.8. The van der Waals surface area contributed by atoms with Gasteiger partial charge >= 0.3 is 6.18 Å². The highest BCUT2D eigenvalue weighted by Crippen LogP contribution is 2.35. The zero-order valence-electron chi connectivity index (χ0n) is 11.8. The van der Waals surface area contributed by atoms with Crippen molar-refractivity contribution in [2.45, 2.75) is 26.1 Å². The SMILES string of the molecule is CC(C)NC(N)=NCCOc1ccccc1C(F)(F)F.I. The van der Waals surface area contributed by atoms with E-state index in [0.717, 1.165) is 6.07 Å². The van der Waals surface area contributed by atoms with E-state index in [1.807, 2.05) is 13.8 Å². The second-order valence-corrected chi connectivity index (χ2v) is 4.41. The molecular formula is C13H19F3IN3O. The maximum atomic E-state index is 12.7. The van der Waals surface area contributed by atoms with Gasteiger partial charge in [0.2, 0.25) is 0 Å². The van der Waals surface area contributed by atoms with Crippen molar-refractivity contribution >= 4 is 29.9 Å². The predicted molar refractivity (Wildman–Crippen MR) is 87.1 cm³/mol. The van der Waals surface area contributed by atoms with Gasteiger partial charge < -0.3 is 15.8 Å². The van der Waals surface area contributed by atoms with Gasteiger partial charge in [-0.3, -0.25) is 0 Å². The van der Waals surface area contributed by atoms with E-state index < -0.39 is 11.7 Å². The van der Waals surface area contributed by atoms with Gasteiger partial charge in [0, 0.05) is 6.04 Å². The fraction of sp³-hybridized carbons (Fsp3) is 0.462. The maximum absolute atomic E-state index is 12.7. The van der Waals surface area contributed by atoms with Gasteiger partial charge in [0.05, 0.1) is 12.1 Å². The summed E-state index contributed by atoms with van der Waals surface area (Å²) in [6.45, 7) is 4.00. The molecule has 0 heterocycles. The van der Waals surface area contributed by atoms with Crippen molar-refractivity contribution in [2.24, 2.45) is 10.7 Å². The minimum absolute atomic E-state index is 0. The third-order valence-electron chi connectivity index (χ3n) is 2.26. The van der Waals surface area contributed by atoms with Gasteiger partial charge in [-0.05, 0) is 26.0 Å². The molecule has 3 N–H and O–H groups in total. The standard InChI is InChI=1S/C13H18F3N3O.HI/c1-9(2)19-12(17)18-7-8-20-11-6-4-3-5-10(11)13(14,15)16;/h3-6,9H,7-8H2,1-2H3,(H3,17,18,19);1H. The smallest absolute Gasteiger partial charge is 0.419 e. The molecule has 0 aliphatic carbocycles. The Labute approximate surface area is 139 Å². The van der Waals surface area contributed by atoms with Gasteiger partial charge in [0.25, 0.3) is 0 Å². The van der Waals surface area contributed by atoms with E-state index in [1.165, 1.54) is 18.2 Å². The second kappa shape index (κ2) is 8.96. The third kappa shape index (κ3) is 7.39. The zero-order valence-corrected chi connectivity index (χ0v) is 14.1. The molecule has 0 bridgehead atoms. The van der Waals surface area contributed by atoms with Crippen LogP contribution in [0.25, 0.3) is 0 Å². The Morgan fingerprint density at radius 2 is 1.95 bits per heavy atom. The average molecular weight is 417 g/mol. The van der Waals surface area contributed by atoms with Crippen LogP contribution in [0.2, 0.25) is 0 Å². The van der Waals surface area contributed by atoms with Crippen molar-refractivity contribution in [3.05, 3.63) is 29.8 Å². The Kier molecular flexibility index (Phi) is 8.45. The number of ether oxygens (including phenoxy) is 1. The van der Waals surface area contributed by atoms with Crippen LogP contribution in [0.1, 0.15) is 19.4 Å². The minimum Gasteiger partial charge on any atom is -0.491 e. The van der Waals surface area contributed by atoms with Gasteiger partial charge in [-0.1, -0.05) is 12.1 Å². The summed E-state index contributed by atoms with van der Waals surface area (Å²) >= 11 is 0. The number of nitrogens with one attached hydrogen (secondary N) is 1. The number of guanidine groups is 1. The summed E-state index contributed by atoms with van der Waals surface area (Å²) in [6, 6.07) is 5.21. The van der Waals surface area contributed by atoms with Gasteiger partial charge in [-0.25, -0.2) is 4.99 Å². The molecule has 0 fully saturated rings. The van der Waals surface area contributed by atoms with Crippen LogP contribution in [0.5, 0.6) is 5.75 Å². The highest BCUT2D eigenvalue weighted by molar-refractivity contribution is 14.0. The maximum Gasteiger partial charge on any atom is 0.419 e. The van der Waals surface area contributed by atoms with Crippen molar-refractivity contribution in [1.82, 2.24) is 5.32 Å². The molecule has 0 radical (unpaired) electrons. The van der Waals surface area contributed by atoms with Crippen LogP contribution in [0.4, 0.5) is 13.2 Å². The lowest BCUT2D eigenvalue weighted by molar-refractivity contribution is -0.138. The summed E-state index contributed by atoms with van der Waals surface area (Å²) in [5.74, 6) is 0.0401. The Morgan fingerprint density at radius 3 is 2.52 bits per heavy atom. The minimum atomic E-state index is -4.43. The lowest BCUT2D eigenvalue weighted by atomic mass is 10.2. The molecule has 0 saturated heterocycles. The highest BCUT2D eigenvalue weighted by atomic mass is 127. The summed E-state index contributed by atoms with van der Waals surface area (Å²) in [7, 11) is 0. The van der Waals surface area contributed by atoms with E-state index in [4.69, 9.17) is 10.5 Å². The number of hydrogen-bond donors (Lipinski definition) is 2. The average Bonchev–Trinajstić information content (AvgIpc) is 2.33. The first-order chi connectivity index (χ1) is 9.30. The van der Waals surface area contributed by atoms with E-state index in [2.05, 4.69) is 10.3 Å². The van der Waals surface area contributed by atoms with Crippen LogP contribution < -0.4 is 15.8 Å². The topological polar surface area (TPSA) is 59.6 Å². The zero-order chi connectivity index (χ0) is 15.2. The number of halogens is 4. The lowest BCUT2D eigenvalue weighted by Crippen LogP contribution is -2.37. The summed E-state index contributed by atoms with van der Waals surface area (Å²) in [5.41, 5.74) is 4.76. The normalized spacial score (nSPS) is 12.0. The molecule has 0 spiro atoms. The molecule has 1 aromatic carbocycles. The van der Waals surface area contributed by atoms with Crippen LogP contribution >= 0.6 is 24.0 Å². The highest BCUT2D eigenvalue weighted by Gasteiger charge is 2.33. The fourth-order valence-electron chi connectivity index (χ4n) is 1.49. The van der Waals surface area contributed by atoms with E-state index in [9.17, 15) is 13.2 Å². The first-order valence-electron chi connectivity index (χ1n) is 6.16. The molecule has 0 aromatic heterocycles. The predicted octanol–water partition coefficient (Wildman–Crippen LogP) is 3.01. The molecule has 120 valence electrons. The molecular weight excluding hydrogens is 398 g/mol. The summed E-state index contributed by atoms with van der Waals surface area (Å²) < 4.78 is 43.2. The first-order valence-corrected chi connectivity index (χ1v) is 6.16. The van der Waals surface area contributed by atoms with Gasteiger partial charge in [0.15, 0.2) is 5.96 Å². The molecule has 0 amide bonds. The van der Waals surface area contributed by atoms with E-state index in [-0.39, 0.29) is 54.9 Å². The van der Waals surface area contributed by atoms with Gasteiger partial charge in [-0.15, -0.1) is 24.0 Å². The molecule has 8 heteroatoms. The van der Waals surface area contributed by atoms with Crippen molar-refractivity contribution in [2.75, 3.05) is 13.2 Å². The number of para-hydroxylation sites is 1. The van der Waals surface area contributed by atoms with Crippen molar-refractivity contribution in [3.8, 4) is 5.75 Å².